The summed E-state index contributed by atoms with van der Waals surface area (Å²) in [5.74, 6) is 0. The third kappa shape index (κ3) is 6.48. The molecule has 15 heavy (non-hydrogen) atoms. The molecule has 1 fully saturated rings. The fraction of sp³-hybridized carbons (Fsp3) is 0.917. The summed E-state index contributed by atoms with van der Waals surface area (Å²) in [6.07, 6.45) is 6.89. The topological polar surface area (TPSA) is 45.0 Å². The molecule has 3 nitrogen and oxygen atoms in total. The predicted octanol–water partition coefficient (Wildman–Crippen LogP) is 2.23. The fourth-order valence-corrected chi connectivity index (χ4v) is 1.48. The quantitative estimate of drug-likeness (QED) is 0.593. The lowest BCUT2D eigenvalue weighted by molar-refractivity contribution is 0.124. The lowest BCUT2D eigenvalue weighted by Gasteiger charge is -2.10. The van der Waals surface area contributed by atoms with Crippen molar-refractivity contribution < 1.29 is 4.74 Å². The SMILES string of the molecule is CCCCCOCCC(C#N)NC1CC1. The molecule has 0 aromatic rings. The zero-order chi connectivity index (χ0) is 10.9. The average molecular weight is 210 g/mol. The van der Waals surface area contributed by atoms with Gasteiger partial charge in [0.25, 0.3) is 0 Å². The van der Waals surface area contributed by atoms with Crippen molar-refractivity contribution in [2.75, 3.05) is 13.2 Å². The second kappa shape index (κ2) is 7.67. The molecule has 0 amide bonds. The lowest BCUT2D eigenvalue weighted by atomic mass is 10.2. The Kier molecular flexibility index (Phi) is 6.38. The van der Waals surface area contributed by atoms with Crippen molar-refractivity contribution in [1.82, 2.24) is 5.32 Å². The Hall–Kier alpha value is -0.590. The van der Waals surface area contributed by atoms with Gasteiger partial charge in [-0.1, -0.05) is 19.8 Å². The highest BCUT2D eigenvalue weighted by molar-refractivity contribution is 4.95. The van der Waals surface area contributed by atoms with Gasteiger partial charge in [-0.2, -0.15) is 5.26 Å². The highest BCUT2D eigenvalue weighted by Crippen LogP contribution is 2.19. The van der Waals surface area contributed by atoms with Crippen LogP contribution in [0.25, 0.3) is 0 Å². The van der Waals surface area contributed by atoms with Gasteiger partial charge in [0.15, 0.2) is 0 Å². The smallest absolute Gasteiger partial charge is 0.0977 e. The number of nitrogens with zero attached hydrogens (tertiary/aromatic N) is 1. The average Bonchev–Trinajstić information content (AvgIpc) is 3.05. The third-order valence-corrected chi connectivity index (χ3v) is 2.61. The molecule has 1 N–H and O–H groups in total. The molecule has 0 aliphatic heterocycles. The Morgan fingerprint density at radius 3 is 2.80 bits per heavy atom. The molecule has 1 aliphatic carbocycles. The summed E-state index contributed by atoms with van der Waals surface area (Å²) in [5.41, 5.74) is 0. The second-order valence-electron chi connectivity index (χ2n) is 4.23. The van der Waals surface area contributed by atoms with Crippen molar-refractivity contribution >= 4 is 0 Å². The Bertz CT molecular complexity index is 196. The monoisotopic (exact) mass is 210 g/mol. The van der Waals surface area contributed by atoms with Crippen LogP contribution in [0.15, 0.2) is 0 Å². The summed E-state index contributed by atoms with van der Waals surface area (Å²) >= 11 is 0. The first kappa shape index (κ1) is 12.5. The number of rotatable bonds is 9. The number of hydrogen-bond donors (Lipinski definition) is 1. The maximum Gasteiger partial charge on any atom is 0.0977 e. The molecule has 0 heterocycles. The van der Waals surface area contributed by atoms with Crippen molar-refractivity contribution in [3.05, 3.63) is 0 Å². The van der Waals surface area contributed by atoms with Crippen molar-refractivity contribution in [3.8, 4) is 6.07 Å². The zero-order valence-corrected chi connectivity index (χ0v) is 9.67. The number of nitriles is 1. The van der Waals surface area contributed by atoms with Gasteiger partial charge in [-0.3, -0.25) is 5.32 Å². The minimum Gasteiger partial charge on any atom is -0.381 e. The minimum atomic E-state index is -0.0105. The molecule has 86 valence electrons. The second-order valence-corrected chi connectivity index (χ2v) is 4.23. The van der Waals surface area contributed by atoms with E-state index < -0.39 is 0 Å². The van der Waals surface area contributed by atoms with Crippen LogP contribution >= 0.6 is 0 Å². The van der Waals surface area contributed by atoms with E-state index in [2.05, 4.69) is 18.3 Å². The zero-order valence-electron chi connectivity index (χ0n) is 9.67. The van der Waals surface area contributed by atoms with E-state index >= 15 is 0 Å². The summed E-state index contributed by atoms with van der Waals surface area (Å²) in [5, 5.41) is 12.2. The van der Waals surface area contributed by atoms with Gasteiger partial charge in [-0.05, 0) is 25.7 Å². The number of unbranched alkanes of at least 4 members (excludes halogenated alkanes) is 2. The van der Waals surface area contributed by atoms with Crippen LogP contribution in [-0.4, -0.2) is 25.3 Å². The van der Waals surface area contributed by atoms with E-state index in [9.17, 15) is 0 Å². The maximum absolute atomic E-state index is 8.88. The van der Waals surface area contributed by atoms with Crippen molar-refractivity contribution in [2.45, 2.75) is 57.5 Å². The summed E-state index contributed by atoms with van der Waals surface area (Å²) in [6, 6.07) is 2.88. The molecule has 0 saturated heterocycles. The van der Waals surface area contributed by atoms with E-state index in [1.807, 2.05) is 0 Å². The Morgan fingerprint density at radius 1 is 1.40 bits per heavy atom. The first-order valence-corrected chi connectivity index (χ1v) is 6.10. The van der Waals surface area contributed by atoms with Crippen molar-refractivity contribution in [2.24, 2.45) is 0 Å². The highest BCUT2D eigenvalue weighted by Gasteiger charge is 2.24. The van der Waals surface area contributed by atoms with Gasteiger partial charge in [0.05, 0.1) is 12.1 Å². The molecule has 1 aliphatic rings. The fourth-order valence-electron chi connectivity index (χ4n) is 1.48. The molecule has 0 radical (unpaired) electrons. The van der Waals surface area contributed by atoms with Crippen LogP contribution in [0.5, 0.6) is 0 Å². The highest BCUT2D eigenvalue weighted by atomic mass is 16.5. The minimum absolute atomic E-state index is 0.0105. The summed E-state index contributed by atoms with van der Waals surface area (Å²) in [7, 11) is 0. The molecule has 1 unspecified atom stereocenters. The number of hydrogen-bond acceptors (Lipinski definition) is 3. The molecule has 1 saturated carbocycles. The molecular formula is C12H22N2O. The normalized spacial score (nSPS) is 17.3. The van der Waals surface area contributed by atoms with Gasteiger partial charge in [-0.15, -0.1) is 0 Å². The first-order chi connectivity index (χ1) is 7.36. The van der Waals surface area contributed by atoms with Crippen LogP contribution < -0.4 is 5.32 Å². The molecule has 0 spiro atoms. The molecule has 1 rings (SSSR count). The molecular weight excluding hydrogens is 188 g/mol. The largest absolute Gasteiger partial charge is 0.381 e. The molecule has 0 bridgehead atoms. The lowest BCUT2D eigenvalue weighted by Crippen LogP contribution is -2.30. The van der Waals surface area contributed by atoms with Crippen LogP contribution in [0.4, 0.5) is 0 Å². The van der Waals surface area contributed by atoms with E-state index in [-0.39, 0.29) is 6.04 Å². The summed E-state index contributed by atoms with van der Waals surface area (Å²) in [6.45, 7) is 3.74. The Labute approximate surface area is 92.8 Å². The van der Waals surface area contributed by atoms with Crippen molar-refractivity contribution in [1.29, 1.82) is 5.26 Å². The van der Waals surface area contributed by atoms with Crippen LogP contribution in [0.1, 0.15) is 45.4 Å². The third-order valence-electron chi connectivity index (χ3n) is 2.61. The number of ether oxygens (including phenoxy) is 1. The molecule has 0 aromatic heterocycles. The molecule has 3 heteroatoms. The standard InChI is InChI=1S/C12H22N2O/c1-2-3-4-8-15-9-7-12(10-13)14-11-5-6-11/h11-12,14H,2-9H2,1H3. The number of nitrogens with one attached hydrogen (secondary N) is 1. The van der Waals surface area contributed by atoms with Gasteiger partial charge in [-0.25, -0.2) is 0 Å². The predicted molar refractivity (Wildman–Crippen MR) is 60.5 cm³/mol. The van der Waals surface area contributed by atoms with E-state index in [1.54, 1.807) is 0 Å². The van der Waals surface area contributed by atoms with E-state index in [1.165, 1.54) is 25.7 Å². The summed E-state index contributed by atoms with van der Waals surface area (Å²) in [4.78, 5) is 0. The van der Waals surface area contributed by atoms with Gasteiger partial charge < -0.3 is 4.74 Å². The van der Waals surface area contributed by atoms with Gasteiger partial charge >= 0.3 is 0 Å². The van der Waals surface area contributed by atoms with Crippen LogP contribution in [0, 0.1) is 11.3 Å². The Balaban J connectivity index is 1.90. The van der Waals surface area contributed by atoms with Gasteiger partial charge in [0.1, 0.15) is 0 Å². The van der Waals surface area contributed by atoms with Crippen molar-refractivity contribution in [3.63, 3.8) is 0 Å². The summed E-state index contributed by atoms with van der Waals surface area (Å²) < 4.78 is 5.48. The van der Waals surface area contributed by atoms with Crippen LogP contribution in [0.3, 0.4) is 0 Å². The van der Waals surface area contributed by atoms with Crippen LogP contribution in [-0.2, 0) is 4.74 Å². The molecule has 1 atom stereocenters. The Morgan fingerprint density at radius 2 is 2.20 bits per heavy atom. The van der Waals surface area contributed by atoms with Gasteiger partial charge in [0, 0.05) is 19.3 Å². The maximum atomic E-state index is 8.88. The van der Waals surface area contributed by atoms with Crippen LogP contribution in [0.2, 0.25) is 0 Å². The van der Waals surface area contributed by atoms with E-state index in [4.69, 9.17) is 10.00 Å². The first-order valence-electron chi connectivity index (χ1n) is 6.10. The van der Waals surface area contributed by atoms with E-state index in [0.29, 0.717) is 12.6 Å². The molecule has 0 aromatic carbocycles. The van der Waals surface area contributed by atoms with Gasteiger partial charge in [0.2, 0.25) is 0 Å². The van der Waals surface area contributed by atoms with E-state index in [0.717, 1.165) is 19.4 Å².